The lowest BCUT2D eigenvalue weighted by atomic mass is 10.1. The van der Waals surface area contributed by atoms with Crippen molar-refractivity contribution in [2.24, 2.45) is 0 Å². The standard InChI is InChI=1S/C17H21N3O2S.2C2HF3O2/c1-12-15(23-11-19-12)10-20-8-9-21-17-13(20)5-6-14(17)22-16-4-2-3-7-18-16;2*3-2(4,5)1(6)7/h2-4,7,11,13-14,17H,5-6,8-10H2,1H3;2*(H,6,7)/t13-,14-,17+;;/m0../s1. The molecule has 1 aliphatic heterocycles. The molecule has 2 aromatic rings. The molecule has 37 heavy (non-hydrogen) atoms. The van der Waals surface area contributed by atoms with Gasteiger partial charge in [-0.05, 0) is 25.8 Å². The van der Waals surface area contributed by atoms with E-state index in [1.165, 1.54) is 4.88 Å². The van der Waals surface area contributed by atoms with Crippen LogP contribution in [0.5, 0.6) is 5.88 Å². The molecule has 0 aromatic carbocycles. The third-order valence-electron chi connectivity index (χ3n) is 5.24. The number of rotatable bonds is 4. The van der Waals surface area contributed by atoms with Crippen molar-refractivity contribution in [1.82, 2.24) is 14.9 Å². The maximum absolute atomic E-state index is 10.6. The highest BCUT2D eigenvalue weighted by Crippen LogP contribution is 2.34. The minimum absolute atomic E-state index is 0.0975. The smallest absolute Gasteiger partial charge is 0.475 e. The fourth-order valence-corrected chi connectivity index (χ4v) is 4.35. The molecule has 0 unspecified atom stereocenters. The van der Waals surface area contributed by atoms with Crippen molar-refractivity contribution in [2.75, 3.05) is 13.2 Å². The SMILES string of the molecule is Cc1ncsc1CN1CCO[C@H]2[C@@H](Oc3ccccn3)CC[C@@H]21.O=C(O)C(F)(F)F.O=C(O)C(F)(F)F. The van der Waals surface area contributed by atoms with Crippen molar-refractivity contribution >= 4 is 23.3 Å². The number of hydrogen-bond donors (Lipinski definition) is 2. The van der Waals surface area contributed by atoms with Gasteiger partial charge >= 0.3 is 24.3 Å². The van der Waals surface area contributed by atoms with E-state index in [2.05, 4.69) is 21.8 Å². The van der Waals surface area contributed by atoms with Crippen molar-refractivity contribution in [3.63, 3.8) is 0 Å². The highest BCUT2D eigenvalue weighted by molar-refractivity contribution is 7.09. The quantitative estimate of drug-likeness (QED) is 0.537. The predicted molar refractivity (Wildman–Crippen MR) is 116 cm³/mol. The normalized spacial score (nSPS) is 21.5. The fraction of sp³-hybridized carbons (Fsp3) is 0.524. The highest BCUT2D eigenvalue weighted by Gasteiger charge is 2.44. The molecule has 1 saturated carbocycles. The number of carboxylic acids is 2. The number of carbonyl (C=O) groups is 2. The van der Waals surface area contributed by atoms with Crippen molar-refractivity contribution in [1.29, 1.82) is 0 Å². The number of halogens is 6. The largest absolute Gasteiger partial charge is 0.490 e. The summed E-state index contributed by atoms with van der Waals surface area (Å²) in [7, 11) is 0. The maximum atomic E-state index is 10.6. The molecule has 9 nitrogen and oxygen atoms in total. The van der Waals surface area contributed by atoms with Crippen molar-refractivity contribution in [2.45, 2.75) is 56.9 Å². The van der Waals surface area contributed by atoms with E-state index in [0.29, 0.717) is 11.9 Å². The number of aliphatic carboxylic acids is 2. The lowest BCUT2D eigenvalue weighted by Gasteiger charge is -2.38. The predicted octanol–water partition coefficient (Wildman–Crippen LogP) is 3.92. The molecule has 3 atom stereocenters. The first-order chi connectivity index (χ1) is 17.2. The van der Waals surface area contributed by atoms with E-state index >= 15 is 0 Å². The van der Waals surface area contributed by atoms with Crippen molar-refractivity contribution in [3.05, 3.63) is 40.5 Å². The Bertz CT molecular complexity index is 996. The minimum Gasteiger partial charge on any atom is -0.475 e. The number of pyridine rings is 1. The third-order valence-corrected chi connectivity index (χ3v) is 6.16. The Balaban J connectivity index is 0.000000286. The number of hydrogen-bond acceptors (Lipinski definition) is 8. The van der Waals surface area contributed by atoms with E-state index < -0.39 is 24.3 Å². The zero-order chi connectivity index (χ0) is 27.8. The van der Waals surface area contributed by atoms with Crippen LogP contribution in [0, 0.1) is 6.92 Å². The van der Waals surface area contributed by atoms with E-state index in [9.17, 15) is 26.3 Å². The van der Waals surface area contributed by atoms with Gasteiger partial charge in [0.15, 0.2) is 0 Å². The number of morpholine rings is 1. The van der Waals surface area contributed by atoms with Crippen LogP contribution in [0.1, 0.15) is 23.4 Å². The van der Waals surface area contributed by atoms with Gasteiger partial charge in [-0.1, -0.05) is 6.07 Å². The molecule has 2 aromatic heterocycles. The van der Waals surface area contributed by atoms with Gasteiger partial charge in [0.2, 0.25) is 5.88 Å². The van der Waals surface area contributed by atoms with Crippen LogP contribution in [0.4, 0.5) is 26.3 Å². The molecule has 2 aliphatic rings. The number of aromatic nitrogens is 2. The second-order valence-corrected chi connectivity index (χ2v) is 8.68. The van der Waals surface area contributed by atoms with Crippen LogP contribution in [-0.4, -0.2) is 80.8 Å². The van der Waals surface area contributed by atoms with Gasteiger partial charge in [-0.2, -0.15) is 26.3 Å². The Morgan fingerprint density at radius 3 is 2.22 bits per heavy atom. The number of ether oxygens (including phenoxy) is 2. The fourth-order valence-electron chi connectivity index (χ4n) is 3.55. The third kappa shape index (κ3) is 9.44. The summed E-state index contributed by atoms with van der Waals surface area (Å²) in [5.41, 5.74) is 3.09. The summed E-state index contributed by atoms with van der Waals surface area (Å²) in [5, 5.41) is 14.2. The van der Waals surface area contributed by atoms with E-state index in [-0.39, 0.29) is 12.2 Å². The summed E-state index contributed by atoms with van der Waals surface area (Å²) in [6.45, 7) is 4.80. The van der Waals surface area contributed by atoms with Crippen LogP contribution < -0.4 is 4.74 Å². The molecule has 0 radical (unpaired) electrons. The molecule has 2 fully saturated rings. The van der Waals surface area contributed by atoms with Crippen molar-refractivity contribution in [3.8, 4) is 5.88 Å². The van der Waals surface area contributed by atoms with E-state index in [1.54, 1.807) is 17.5 Å². The van der Waals surface area contributed by atoms with Crippen LogP contribution in [-0.2, 0) is 20.9 Å². The summed E-state index contributed by atoms with van der Waals surface area (Å²) in [6, 6.07) is 6.20. The van der Waals surface area contributed by atoms with Crippen LogP contribution in [0.3, 0.4) is 0 Å². The number of fused-ring (bicyclic) bond motifs is 1. The Labute approximate surface area is 210 Å². The van der Waals surface area contributed by atoms with Gasteiger partial charge in [0.05, 0.1) is 17.8 Å². The van der Waals surface area contributed by atoms with Gasteiger partial charge in [-0.25, -0.2) is 19.6 Å². The van der Waals surface area contributed by atoms with E-state index in [1.807, 2.05) is 23.7 Å². The lowest BCUT2D eigenvalue weighted by Crippen LogP contribution is -2.51. The second-order valence-electron chi connectivity index (χ2n) is 7.74. The number of carboxylic acid groups (broad SMARTS) is 2. The Morgan fingerprint density at radius 1 is 1.11 bits per heavy atom. The van der Waals surface area contributed by atoms with Crippen LogP contribution in [0.2, 0.25) is 0 Å². The first-order valence-corrected chi connectivity index (χ1v) is 11.5. The number of alkyl halides is 6. The first kappa shape index (κ1) is 30.2. The molecular formula is C21H23F6N3O6S. The molecule has 16 heteroatoms. The highest BCUT2D eigenvalue weighted by atomic mass is 32.1. The van der Waals surface area contributed by atoms with Gasteiger partial charge in [0.25, 0.3) is 0 Å². The van der Waals surface area contributed by atoms with Crippen LogP contribution in [0.15, 0.2) is 29.9 Å². The topological polar surface area (TPSA) is 122 Å². The molecule has 0 bridgehead atoms. The second kappa shape index (κ2) is 13.0. The van der Waals surface area contributed by atoms with Gasteiger partial charge in [0.1, 0.15) is 12.2 Å². The zero-order valence-electron chi connectivity index (χ0n) is 19.2. The average molecular weight is 559 g/mol. The molecule has 1 saturated heterocycles. The monoisotopic (exact) mass is 559 g/mol. The first-order valence-electron chi connectivity index (χ1n) is 10.6. The molecular weight excluding hydrogens is 536 g/mol. The van der Waals surface area contributed by atoms with Crippen LogP contribution in [0.25, 0.3) is 0 Å². The van der Waals surface area contributed by atoms with Crippen LogP contribution >= 0.6 is 11.3 Å². The molecule has 0 amide bonds. The minimum atomic E-state index is -5.08. The van der Waals surface area contributed by atoms with Gasteiger partial charge < -0.3 is 19.7 Å². The lowest BCUT2D eigenvalue weighted by molar-refractivity contribution is -0.193. The summed E-state index contributed by atoms with van der Waals surface area (Å²) in [6.07, 6.45) is -6.04. The molecule has 4 rings (SSSR count). The Morgan fingerprint density at radius 2 is 1.73 bits per heavy atom. The number of thiazole rings is 1. The van der Waals surface area contributed by atoms with E-state index in [0.717, 1.165) is 38.2 Å². The zero-order valence-corrected chi connectivity index (χ0v) is 20.0. The van der Waals surface area contributed by atoms with Gasteiger partial charge in [0, 0.05) is 36.3 Å². The summed E-state index contributed by atoms with van der Waals surface area (Å²) in [4.78, 5) is 30.3. The summed E-state index contributed by atoms with van der Waals surface area (Å²) >= 11 is 1.75. The molecule has 1 aliphatic carbocycles. The van der Waals surface area contributed by atoms with Gasteiger partial charge in [-0.3, -0.25) is 4.90 Å². The maximum Gasteiger partial charge on any atom is 0.490 e. The molecule has 2 N–H and O–H groups in total. The van der Waals surface area contributed by atoms with Gasteiger partial charge in [-0.15, -0.1) is 11.3 Å². The molecule has 0 spiro atoms. The summed E-state index contributed by atoms with van der Waals surface area (Å²) in [5.74, 6) is -4.82. The number of aryl methyl sites for hydroxylation is 1. The molecule has 206 valence electrons. The van der Waals surface area contributed by atoms with E-state index in [4.69, 9.17) is 29.3 Å². The van der Waals surface area contributed by atoms with Crippen molar-refractivity contribution < 1.29 is 55.6 Å². The number of nitrogens with zero attached hydrogens (tertiary/aromatic N) is 3. The summed E-state index contributed by atoms with van der Waals surface area (Å²) < 4.78 is 75.6. The average Bonchev–Trinajstić information content (AvgIpc) is 3.41. The molecule has 3 heterocycles. The Kier molecular flexibility index (Phi) is 10.6. The Hall–Kier alpha value is -2.98.